The summed E-state index contributed by atoms with van der Waals surface area (Å²) in [6.07, 6.45) is 0. The van der Waals surface area contributed by atoms with Crippen LogP contribution >= 0.6 is 0 Å². The summed E-state index contributed by atoms with van der Waals surface area (Å²) in [5, 5.41) is 4.48. The predicted molar refractivity (Wildman–Crippen MR) is 81.2 cm³/mol. The second-order valence-electron chi connectivity index (χ2n) is 4.47. The van der Waals surface area contributed by atoms with Crippen LogP contribution in [0.25, 0.3) is 10.8 Å². The van der Waals surface area contributed by atoms with E-state index in [9.17, 15) is 4.79 Å². The van der Waals surface area contributed by atoms with Crippen LogP contribution in [0.4, 0.5) is 5.82 Å². The first-order valence-electron chi connectivity index (χ1n) is 6.72. The van der Waals surface area contributed by atoms with Gasteiger partial charge >= 0.3 is 0 Å². The highest BCUT2D eigenvalue weighted by Gasteiger charge is 2.10. The summed E-state index contributed by atoms with van der Waals surface area (Å²) >= 11 is 0. The summed E-state index contributed by atoms with van der Waals surface area (Å²) in [5.41, 5.74) is 6.18. The predicted octanol–water partition coefficient (Wildman–Crippen LogP) is 1.21. The van der Waals surface area contributed by atoms with Crippen LogP contribution in [-0.2, 0) is 9.47 Å². The number of nitrogens with two attached hydrogens (primary N) is 1. The van der Waals surface area contributed by atoms with Crippen molar-refractivity contribution in [1.82, 2.24) is 10.3 Å². The third kappa shape index (κ3) is 4.14. The number of hydrogen-bond acceptors (Lipinski definition) is 5. The van der Waals surface area contributed by atoms with Gasteiger partial charge in [0.2, 0.25) is 0 Å². The number of nitrogens with zero attached hydrogens (tertiary/aromatic N) is 1. The molecule has 0 fully saturated rings. The lowest BCUT2D eigenvalue weighted by Gasteiger charge is -2.08. The van der Waals surface area contributed by atoms with E-state index in [4.69, 9.17) is 15.2 Å². The van der Waals surface area contributed by atoms with Crippen molar-refractivity contribution in [3.63, 3.8) is 0 Å². The summed E-state index contributed by atoms with van der Waals surface area (Å²) in [5.74, 6) is 0.0948. The van der Waals surface area contributed by atoms with Crippen LogP contribution < -0.4 is 11.1 Å². The first kappa shape index (κ1) is 15.2. The summed E-state index contributed by atoms with van der Waals surface area (Å²) in [6, 6.07) is 9.29. The van der Waals surface area contributed by atoms with Crippen LogP contribution in [0.1, 0.15) is 10.5 Å². The standard InChI is InChI=1S/C15H19N3O3/c1-20-8-9-21-7-6-17-15(19)13-10-11-4-2-3-5-12(11)14(16)18-13/h2-5,10H,6-9H2,1H3,(H2,16,18)(H,17,19). The molecule has 0 saturated heterocycles. The fourth-order valence-corrected chi connectivity index (χ4v) is 1.91. The van der Waals surface area contributed by atoms with Crippen molar-refractivity contribution < 1.29 is 14.3 Å². The van der Waals surface area contributed by atoms with Crippen molar-refractivity contribution in [3.05, 3.63) is 36.0 Å². The van der Waals surface area contributed by atoms with Crippen molar-refractivity contribution in [2.75, 3.05) is 39.2 Å². The molecule has 0 spiro atoms. The average molecular weight is 289 g/mol. The zero-order chi connectivity index (χ0) is 15.1. The first-order chi connectivity index (χ1) is 10.2. The molecule has 2 aromatic rings. The molecule has 1 aromatic heterocycles. The lowest BCUT2D eigenvalue weighted by atomic mass is 10.1. The van der Waals surface area contributed by atoms with Gasteiger partial charge in [-0.15, -0.1) is 0 Å². The maximum Gasteiger partial charge on any atom is 0.270 e. The average Bonchev–Trinajstić information content (AvgIpc) is 2.50. The van der Waals surface area contributed by atoms with Gasteiger partial charge in [0, 0.05) is 19.0 Å². The molecular weight excluding hydrogens is 270 g/mol. The number of pyridine rings is 1. The zero-order valence-electron chi connectivity index (χ0n) is 12.0. The molecule has 6 nitrogen and oxygen atoms in total. The molecule has 0 aliphatic carbocycles. The van der Waals surface area contributed by atoms with Gasteiger partial charge in [0.05, 0.1) is 19.8 Å². The Labute approximate surface area is 123 Å². The smallest absolute Gasteiger partial charge is 0.270 e. The minimum absolute atomic E-state index is 0.261. The molecular formula is C15H19N3O3. The molecule has 0 aliphatic rings. The number of nitrogens with one attached hydrogen (secondary N) is 1. The molecule has 6 heteroatoms. The normalized spacial score (nSPS) is 10.7. The molecule has 0 radical (unpaired) electrons. The molecule has 3 N–H and O–H groups in total. The lowest BCUT2D eigenvalue weighted by Crippen LogP contribution is -2.28. The number of methoxy groups -OCH3 is 1. The highest BCUT2D eigenvalue weighted by atomic mass is 16.5. The summed E-state index contributed by atoms with van der Waals surface area (Å²) in [6.45, 7) is 1.89. The molecule has 1 aromatic carbocycles. The molecule has 21 heavy (non-hydrogen) atoms. The number of carbonyl (C=O) groups is 1. The minimum Gasteiger partial charge on any atom is -0.383 e. The van der Waals surface area contributed by atoms with Gasteiger partial charge in [-0.2, -0.15) is 0 Å². The Morgan fingerprint density at radius 1 is 1.29 bits per heavy atom. The van der Waals surface area contributed by atoms with Crippen LogP contribution in [0.5, 0.6) is 0 Å². The van der Waals surface area contributed by atoms with Crippen LogP contribution in [-0.4, -0.2) is 44.4 Å². The maximum absolute atomic E-state index is 12.0. The Morgan fingerprint density at radius 3 is 2.90 bits per heavy atom. The van der Waals surface area contributed by atoms with Crippen LogP contribution in [0.15, 0.2) is 30.3 Å². The Hall–Kier alpha value is -2.18. The van der Waals surface area contributed by atoms with Gasteiger partial charge in [0.25, 0.3) is 5.91 Å². The van der Waals surface area contributed by atoms with Gasteiger partial charge in [-0.05, 0) is 11.5 Å². The molecule has 0 atom stereocenters. The SMILES string of the molecule is COCCOCCNC(=O)c1cc2ccccc2c(N)n1. The number of amides is 1. The number of anilines is 1. The zero-order valence-corrected chi connectivity index (χ0v) is 12.0. The second kappa shape index (κ2) is 7.56. The fraction of sp³-hybridized carbons (Fsp3) is 0.333. The summed E-state index contributed by atoms with van der Waals surface area (Å²) in [7, 11) is 1.61. The van der Waals surface area contributed by atoms with Crippen molar-refractivity contribution in [1.29, 1.82) is 0 Å². The van der Waals surface area contributed by atoms with E-state index in [2.05, 4.69) is 10.3 Å². The number of rotatable bonds is 7. The van der Waals surface area contributed by atoms with E-state index in [1.54, 1.807) is 13.2 Å². The van der Waals surface area contributed by atoms with Gasteiger partial charge in [-0.1, -0.05) is 24.3 Å². The van der Waals surface area contributed by atoms with E-state index in [0.29, 0.717) is 37.9 Å². The third-order valence-corrected chi connectivity index (χ3v) is 2.97. The lowest BCUT2D eigenvalue weighted by molar-refractivity contribution is 0.0692. The van der Waals surface area contributed by atoms with E-state index in [1.165, 1.54) is 0 Å². The summed E-state index contributed by atoms with van der Waals surface area (Å²) in [4.78, 5) is 16.2. The van der Waals surface area contributed by atoms with E-state index in [-0.39, 0.29) is 5.91 Å². The Bertz CT molecular complexity index is 616. The second-order valence-corrected chi connectivity index (χ2v) is 4.47. The van der Waals surface area contributed by atoms with E-state index in [0.717, 1.165) is 10.8 Å². The van der Waals surface area contributed by atoms with Crippen molar-refractivity contribution in [2.24, 2.45) is 0 Å². The number of benzene rings is 1. The topological polar surface area (TPSA) is 86.5 Å². The number of hydrogen-bond donors (Lipinski definition) is 2. The Morgan fingerprint density at radius 2 is 2.10 bits per heavy atom. The number of aromatic nitrogens is 1. The Kier molecular flexibility index (Phi) is 5.48. The summed E-state index contributed by atoms with van der Waals surface area (Å²) < 4.78 is 10.1. The van der Waals surface area contributed by atoms with E-state index >= 15 is 0 Å². The fourth-order valence-electron chi connectivity index (χ4n) is 1.91. The molecule has 1 amide bonds. The van der Waals surface area contributed by atoms with Crippen LogP contribution in [0.2, 0.25) is 0 Å². The highest BCUT2D eigenvalue weighted by Crippen LogP contribution is 2.19. The largest absolute Gasteiger partial charge is 0.383 e. The molecule has 0 unspecified atom stereocenters. The molecule has 2 rings (SSSR count). The Balaban J connectivity index is 1.93. The number of fused-ring (bicyclic) bond motifs is 1. The molecule has 112 valence electrons. The van der Waals surface area contributed by atoms with E-state index < -0.39 is 0 Å². The van der Waals surface area contributed by atoms with Crippen molar-refractivity contribution >= 4 is 22.5 Å². The highest BCUT2D eigenvalue weighted by molar-refractivity contribution is 5.99. The van der Waals surface area contributed by atoms with Gasteiger partial charge in [-0.25, -0.2) is 4.98 Å². The van der Waals surface area contributed by atoms with Gasteiger partial charge < -0.3 is 20.5 Å². The third-order valence-electron chi connectivity index (χ3n) is 2.97. The molecule has 1 heterocycles. The van der Waals surface area contributed by atoms with Crippen molar-refractivity contribution in [2.45, 2.75) is 0 Å². The monoisotopic (exact) mass is 289 g/mol. The molecule has 0 saturated carbocycles. The van der Waals surface area contributed by atoms with Gasteiger partial charge in [0.15, 0.2) is 0 Å². The number of nitrogen functional groups attached to an aromatic ring is 1. The van der Waals surface area contributed by atoms with Gasteiger partial charge in [0.1, 0.15) is 11.5 Å². The molecule has 0 bridgehead atoms. The first-order valence-corrected chi connectivity index (χ1v) is 6.72. The minimum atomic E-state index is -0.261. The van der Waals surface area contributed by atoms with Crippen molar-refractivity contribution in [3.8, 4) is 0 Å². The van der Waals surface area contributed by atoms with Crippen LogP contribution in [0.3, 0.4) is 0 Å². The van der Waals surface area contributed by atoms with Crippen LogP contribution in [0, 0.1) is 0 Å². The number of ether oxygens (including phenoxy) is 2. The quantitative estimate of drug-likeness (QED) is 0.748. The van der Waals surface area contributed by atoms with Gasteiger partial charge in [-0.3, -0.25) is 4.79 Å². The maximum atomic E-state index is 12.0. The molecule has 0 aliphatic heterocycles. The number of carbonyl (C=O) groups excluding carboxylic acids is 1. The van der Waals surface area contributed by atoms with E-state index in [1.807, 2.05) is 24.3 Å².